The molecule has 6 aromatic rings. The minimum absolute atomic E-state index is 0.0638. The fourth-order valence-corrected chi connectivity index (χ4v) is 12.4. The summed E-state index contributed by atoms with van der Waals surface area (Å²) in [6, 6.07) is 31.8. The molecule has 5 heterocycles. The molecule has 2 amide bonds. The van der Waals surface area contributed by atoms with Crippen LogP contribution in [0.2, 0.25) is 0 Å². The third-order valence-electron chi connectivity index (χ3n) is 16.4. The Labute approximate surface area is 399 Å². The predicted molar refractivity (Wildman–Crippen MR) is 265 cm³/mol. The zero-order chi connectivity index (χ0) is 47.2. The average molecular weight is 912 g/mol. The van der Waals surface area contributed by atoms with E-state index in [9.17, 15) is 19.8 Å². The molecule has 8 unspecified atom stereocenters. The van der Waals surface area contributed by atoms with Gasteiger partial charge in [-0.2, -0.15) is 0 Å². The van der Waals surface area contributed by atoms with Crippen molar-refractivity contribution in [3.63, 3.8) is 0 Å². The van der Waals surface area contributed by atoms with E-state index in [1.807, 2.05) is 84.3 Å². The molecular weight excluding hydrogens is 847 g/mol. The Hall–Kier alpha value is -5.88. The molecule has 11 rings (SSSR count). The Morgan fingerprint density at radius 3 is 1.56 bits per heavy atom. The summed E-state index contributed by atoms with van der Waals surface area (Å²) in [6.45, 7) is 11.8. The molecule has 68 heavy (non-hydrogen) atoms. The fourth-order valence-electron chi connectivity index (χ4n) is 12.4. The predicted octanol–water partition coefficient (Wildman–Crippen LogP) is 10.5. The molecule has 0 bridgehead atoms. The van der Waals surface area contributed by atoms with E-state index in [0.717, 1.165) is 78.7 Å². The monoisotopic (exact) mass is 912 g/mol. The van der Waals surface area contributed by atoms with Crippen LogP contribution in [0.25, 0.3) is 22.1 Å². The molecule has 1 saturated carbocycles. The Bertz CT molecular complexity index is 2780. The molecule has 2 aromatic heterocycles. The van der Waals surface area contributed by atoms with Crippen molar-refractivity contribution in [3.05, 3.63) is 155 Å². The van der Waals surface area contributed by atoms with Gasteiger partial charge in [0, 0.05) is 36.6 Å². The van der Waals surface area contributed by atoms with Crippen LogP contribution in [0.5, 0.6) is 0 Å². The Balaban J connectivity index is 0.899. The SMILES string of the molecule is CCC(O)(C(=O)N1CCCC1c1nc2ccc(C3CCC(c4ccc5nc(C6CCCN6C(=O)C(O)(CC)c6ccccc6)[nH]c5c4)N3C34C=CC(C(C)(C)C)=CC3C4)cc2[nH]1)c1ccccc1. The number of fused-ring (bicyclic) bond motifs is 3. The van der Waals surface area contributed by atoms with Gasteiger partial charge in [0.05, 0.1) is 34.2 Å². The van der Waals surface area contributed by atoms with Crippen LogP contribution in [0.3, 0.4) is 0 Å². The highest BCUT2D eigenvalue weighted by atomic mass is 16.3. The number of benzene rings is 4. The number of amides is 2. The fraction of sp³-hybridized carbons (Fsp3) is 0.439. The second-order valence-electron chi connectivity index (χ2n) is 21.3. The first-order valence-electron chi connectivity index (χ1n) is 25.1. The lowest BCUT2D eigenvalue weighted by Gasteiger charge is -2.39. The van der Waals surface area contributed by atoms with Gasteiger partial charge < -0.3 is 30.0 Å². The topological polar surface area (TPSA) is 142 Å². The van der Waals surface area contributed by atoms with Crippen LogP contribution in [-0.4, -0.2) is 75.3 Å². The second-order valence-corrected chi connectivity index (χ2v) is 21.3. The van der Waals surface area contributed by atoms with Gasteiger partial charge in [-0.25, -0.2) is 9.97 Å². The number of H-pyrrole nitrogens is 2. The van der Waals surface area contributed by atoms with E-state index < -0.39 is 11.2 Å². The van der Waals surface area contributed by atoms with Gasteiger partial charge >= 0.3 is 0 Å². The Morgan fingerprint density at radius 1 is 0.662 bits per heavy atom. The number of allylic oxidation sites excluding steroid dienone is 2. The van der Waals surface area contributed by atoms with E-state index in [1.54, 1.807) is 0 Å². The molecule has 3 aliphatic heterocycles. The highest BCUT2D eigenvalue weighted by Crippen LogP contribution is 2.63. The van der Waals surface area contributed by atoms with Crippen molar-refractivity contribution in [1.29, 1.82) is 0 Å². The molecule has 3 saturated heterocycles. The second kappa shape index (κ2) is 16.7. The molecule has 352 valence electrons. The summed E-state index contributed by atoms with van der Waals surface area (Å²) in [7, 11) is 0. The van der Waals surface area contributed by atoms with Gasteiger partial charge in [-0.3, -0.25) is 14.5 Å². The maximum absolute atomic E-state index is 14.2. The van der Waals surface area contributed by atoms with Gasteiger partial charge in [-0.15, -0.1) is 0 Å². The molecule has 11 nitrogen and oxygen atoms in total. The van der Waals surface area contributed by atoms with Crippen LogP contribution in [-0.2, 0) is 20.8 Å². The number of nitrogens with one attached hydrogen (secondary N) is 2. The standard InChI is InChI=1S/C57H65N7O4/c1-6-56(67,38-16-10-8-11-17-38)52(65)62-30-14-20-48(62)50-58-42-24-22-36(32-44(42)60-50)46-26-27-47(64(46)55-29-28-40(54(3,4)5)34-41(55)35-55)37-23-25-43-45(33-37)61-51(59-43)49-21-15-31-63(49)53(66)57(68,7-2)39-18-12-9-13-19-39/h8-13,16-19,22-25,28-29,32-34,41,46-49,67-68H,6-7,14-15,20-21,26-27,30-31,35H2,1-5H3,(H,58,60)(H,59,61). The summed E-state index contributed by atoms with van der Waals surface area (Å²) in [5.41, 5.74) is 5.53. The van der Waals surface area contributed by atoms with E-state index in [1.165, 1.54) is 16.7 Å². The molecule has 8 atom stereocenters. The van der Waals surface area contributed by atoms with E-state index >= 15 is 0 Å². The Morgan fingerprint density at radius 2 is 1.13 bits per heavy atom. The lowest BCUT2D eigenvalue weighted by atomic mass is 9.82. The van der Waals surface area contributed by atoms with Crippen LogP contribution < -0.4 is 0 Å². The minimum Gasteiger partial charge on any atom is -0.375 e. The van der Waals surface area contributed by atoms with Gasteiger partial charge in [0.15, 0.2) is 11.2 Å². The van der Waals surface area contributed by atoms with Gasteiger partial charge in [-0.05, 0) is 115 Å². The van der Waals surface area contributed by atoms with Crippen LogP contribution in [0, 0.1) is 11.3 Å². The number of aliphatic hydroxyl groups is 2. The van der Waals surface area contributed by atoms with E-state index in [2.05, 4.69) is 90.3 Å². The van der Waals surface area contributed by atoms with Gasteiger partial charge in [0.1, 0.15) is 11.6 Å². The van der Waals surface area contributed by atoms with Gasteiger partial charge in [0.2, 0.25) is 0 Å². The first-order chi connectivity index (χ1) is 32.8. The highest BCUT2D eigenvalue weighted by molar-refractivity contribution is 5.88. The normalized spacial score (nSPS) is 26.8. The molecular formula is C57H65N7O4. The van der Waals surface area contributed by atoms with Crippen LogP contribution in [0.4, 0.5) is 0 Å². The summed E-state index contributed by atoms with van der Waals surface area (Å²) < 4.78 is 0. The average Bonchev–Trinajstić information content (AvgIpc) is 4.06. The number of nitrogens with zero attached hydrogens (tertiary/aromatic N) is 5. The van der Waals surface area contributed by atoms with Gasteiger partial charge in [-0.1, -0.05) is 126 Å². The third-order valence-corrected chi connectivity index (χ3v) is 16.4. The summed E-state index contributed by atoms with van der Waals surface area (Å²) in [5.74, 6) is 1.41. The summed E-state index contributed by atoms with van der Waals surface area (Å²) in [5, 5.41) is 23.7. The molecule has 2 aliphatic carbocycles. The molecule has 4 fully saturated rings. The lowest BCUT2D eigenvalue weighted by molar-refractivity contribution is -0.154. The number of hydrogen-bond donors (Lipinski definition) is 4. The van der Waals surface area contributed by atoms with Crippen molar-refractivity contribution in [2.75, 3.05) is 13.1 Å². The lowest BCUT2D eigenvalue weighted by Crippen LogP contribution is -2.46. The number of carbonyl (C=O) groups is 2. The summed E-state index contributed by atoms with van der Waals surface area (Å²) >= 11 is 0. The molecule has 5 aliphatic rings. The number of hydrogen-bond acceptors (Lipinski definition) is 7. The minimum atomic E-state index is -1.60. The Kier molecular flexibility index (Phi) is 10.9. The summed E-state index contributed by atoms with van der Waals surface area (Å²) in [4.78, 5) is 52.5. The quantitative estimate of drug-likeness (QED) is 0.101. The number of likely N-dealkylation sites (tertiary alicyclic amines) is 3. The molecule has 11 heteroatoms. The largest absolute Gasteiger partial charge is 0.375 e. The smallest absolute Gasteiger partial charge is 0.259 e. The maximum Gasteiger partial charge on any atom is 0.259 e. The van der Waals surface area contributed by atoms with Gasteiger partial charge in [0.25, 0.3) is 11.8 Å². The van der Waals surface area contributed by atoms with Crippen LogP contribution >= 0.6 is 0 Å². The number of rotatable bonds is 11. The first kappa shape index (κ1) is 44.6. The molecule has 0 radical (unpaired) electrons. The number of aromatic amines is 2. The maximum atomic E-state index is 14.2. The molecule has 4 N–H and O–H groups in total. The number of carbonyl (C=O) groups excluding carboxylic acids is 2. The molecule has 0 spiro atoms. The van der Waals surface area contributed by atoms with Crippen molar-refractivity contribution >= 4 is 33.9 Å². The van der Waals surface area contributed by atoms with Crippen LogP contribution in [0.1, 0.15) is 150 Å². The highest BCUT2D eigenvalue weighted by Gasteiger charge is 2.61. The van der Waals surface area contributed by atoms with Crippen molar-refractivity contribution in [3.8, 4) is 0 Å². The zero-order valence-electron chi connectivity index (χ0n) is 40.1. The third kappa shape index (κ3) is 7.26. The van der Waals surface area contributed by atoms with Crippen LogP contribution in [0.15, 0.2) is 121 Å². The van der Waals surface area contributed by atoms with E-state index in [0.29, 0.717) is 30.1 Å². The zero-order valence-corrected chi connectivity index (χ0v) is 40.1. The number of aromatic nitrogens is 4. The summed E-state index contributed by atoms with van der Waals surface area (Å²) in [6.07, 6.45) is 14.3. The number of imidazole rings is 2. The molecule has 4 aromatic carbocycles. The van der Waals surface area contributed by atoms with Crippen molar-refractivity contribution < 1.29 is 19.8 Å². The van der Waals surface area contributed by atoms with Crippen molar-refractivity contribution in [1.82, 2.24) is 34.6 Å². The van der Waals surface area contributed by atoms with Crippen molar-refractivity contribution in [2.45, 2.75) is 133 Å². The first-order valence-corrected chi connectivity index (χ1v) is 25.1. The van der Waals surface area contributed by atoms with E-state index in [-0.39, 0.29) is 59.8 Å². The van der Waals surface area contributed by atoms with Crippen molar-refractivity contribution in [2.24, 2.45) is 11.3 Å². The van der Waals surface area contributed by atoms with E-state index in [4.69, 9.17) is 9.97 Å².